The van der Waals surface area contributed by atoms with Crippen LogP contribution in [0.4, 0.5) is 0 Å². The van der Waals surface area contributed by atoms with Crippen molar-refractivity contribution in [3.8, 4) is 5.75 Å². The molecule has 1 saturated carbocycles. The van der Waals surface area contributed by atoms with E-state index in [4.69, 9.17) is 4.74 Å². The first kappa shape index (κ1) is 16.4. The third kappa shape index (κ3) is 5.03. The van der Waals surface area contributed by atoms with E-state index < -0.39 is 0 Å². The van der Waals surface area contributed by atoms with Gasteiger partial charge in [-0.05, 0) is 55.3 Å². The molecule has 1 N–H and O–H groups in total. The van der Waals surface area contributed by atoms with Gasteiger partial charge in [-0.2, -0.15) is 0 Å². The van der Waals surface area contributed by atoms with Crippen molar-refractivity contribution in [1.82, 2.24) is 5.32 Å². The van der Waals surface area contributed by atoms with Gasteiger partial charge in [-0.15, -0.1) is 0 Å². The molecule has 0 aliphatic heterocycles. The molecular weight excluding hydrogens is 258 g/mol. The molecule has 0 saturated heterocycles. The zero-order chi connectivity index (χ0) is 15.3. The van der Waals surface area contributed by atoms with Crippen LogP contribution in [-0.2, 0) is 5.41 Å². The fourth-order valence-electron chi connectivity index (χ4n) is 2.97. The minimum absolute atomic E-state index is 0.203. The van der Waals surface area contributed by atoms with Gasteiger partial charge in [-0.3, -0.25) is 0 Å². The van der Waals surface area contributed by atoms with E-state index in [9.17, 15) is 0 Å². The topological polar surface area (TPSA) is 21.3 Å². The van der Waals surface area contributed by atoms with Crippen molar-refractivity contribution in [1.29, 1.82) is 0 Å². The highest BCUT2D eigenvalue weighted by Crippen LogP contribution is 2.27. The Balaban J connectivity index is 1.73. The largest absolute Gasteiger partial charge is 0.493 e. The highest BCUT2D eigenvalue weighted by Gasteiger charge is 2.15. The predicted octanol–water partition coefficient (Wildman–Crippen LogP) is 4.59. The van der Waals surface area contributed by atoms with Crippen LogP contribution in [-0.4, -0.2) is 19.2 Å². The van der Waals surface area contributed by atoms with E-state index in [1.54, 1.807) is 0 Å². The van der Waals surface area contributed by atoms with Gasteiger partial charge in [-0.25, -0.2) is 0 Å². The summed E-state index contributed by atoms with van der Waals surface area (Å²) < 4.78 is 5.93. The highest BCUT2D eigenvalue weighted by atomic mass is 16.5. The third-order valence-electron chi connectivity index (χ3n) is 4.41. The van der Waals surface area contributed by atoms with E-state index in [1.807, 2.05) is 0 Å². The number of rotatable bonds is 6. The summed E-state index contributed by atoms with van der Waals surface area (Å²) in [6, 6.07) is 7.34. The minimum Gasteiger partial charge on any atom is -0.493 e. The lowest BCUT2D eigenvalue weighted by atomic mass is 9.86. The van der Waals surface area contributed by atoms with Gasteiger partial charge in [0.2, 0.25) is 0 Å². The fourth-order valence-corrected chi connectivity index (χ4v) is 2.97. The molecule has 0 atom stereocenters. The zero-order valence-electron chi connectivity index (χ0n) is 14.2. The van der Waals surface area contributed by atoms with Gasteiger partial charge in [-0.1, -0.05) is 45.7 Å². The molecule has 2 rings (SSSR count). The second kappa shape index (κ2) is 7.31. The number of hydrogen-bond acceptors (Lipinski definition) is 2. The van der Waals surface area contributed by atoms with Crippen LogP contribution in [0.25, 0.3) is 0 Å². The molecule has 1 fully saturated rings. The second-order valence-corrected chi connectivity index (χ2v) is 7.37. The van der Waals surface area contributed by atoms with Gasteiger partial charge >= 0.3 is 0 Å². The predicted molar refractivity (Wildman–Crippen MR) is 90.2 cm³/mol. The standard InChI is InChI=1S/C19H31NO/c1-15-14-16(19(2,3)4)10-11-18(15)21-13-7-12-20-17-8-5-6-9-17/h10-11,14,17,20H,5-9,12-13H2,1-4H3. The lowest BCUT2D eigenvalue weighted by molar-refractivity contribution is 0.302. The molecule has 1 aliphatic carbocycles. The molecule has 118 valence electrons. The molecular formula is C19H31NO. The lowest BCUT2D eigenvalue weighted by Crippen LogP contribution is -2.27. The Kier molecular flexibility index (Phi) is 5.69. The Morgan fingerprint density at radius 2 is 1.90 bits per heavy atom. The Bertz CT molecular complexity index is 441. The summed E-state index contributed by atoms with van der Waals surface area (Å²) in [4.78, 5) is 0. The van der Waals surface area contributed by atoms with Crippen molar-refractivity contribution in [3.63, 3.8) is 0 Å². The molecule has 1 aliphatic rings. The molecule has 2 heteroatoms. The van der Waals surface area contributed by atoms with Crippen LogP contribution in [0.3, 0.4) is 0 Å². The summed E-state index contributed by atoms with van der Waals surface area (Å²) in [7, 11) is 0. The molecule has 21 heavy (non-hydrogen) atoms. The SMILES string of the molecule is Cc1cc(C(C)(C)C)ccc1OCCCNC1CCCC1. The van der Waals surface area contributed by atoms with Crippen molar-refractivity contribution in [3.05, 3.63) is 29.3 Å². The Hall–Kier alpha value is -1.02. The van der Waals surface area contributed by atoms with Crippen molar-refractivity contribution in [2.45, 2.75) is 71.3 Å². The highest BCUT2D eigenvalue weighted by molar-refractivity contribution is 5.38. The minimum atomic E-state index is 0.203. The smallest absolute Gasteiger partial charge is 0.122 e. The Labute approximate surface area is 130 Å². The van der Waals surface area contributed by atoms with Crippen LogP contribution in [0.2, 0.25) is 0 Å². The van der Waals surface area contributed by atoms with Crippen LogP contribution in [0.5, 0.6) is 5.75 Å². The summed E-state index contributed by atoms with van der Waals surface area (Å²) in [6.07, 6.45) is 6.58. The maximum absolute atomic E-state index is 5.93. The van der Waals surface area contributed by atoms with Gasteiger partial charge in [0.15, 0.2) is 0 Å². The van der Waals surface area contributed by atoms with Crippen molar-refractivity contribution in [2.24, 2.45) is 0 Å². The van der Waals surface area contributed by atoms with E-state index in [0.29, 0.717) is 0 Å². The van der Waals surface area contributed by atoms with Crippen LogP contribution < -0.4 is 10.1 Å². The van der Waals surface area contributed by atoms with Gasteiger partial charge in [0.25, 0.3) is 0 Å². The first-order valence-electron chi connectivity index (χ1n) is 8.44. The first-order valence-corrected chi connectivity index (χ1v) is 8.44. The summed E-state index contributed by atoms with van der Waals surface area (Å²) >= 11 is 0. The van der Waals surface area contributed by atoms with E-state index in [-0.39, 0.29) is 5.41 Å². The van der Waals surface area contributed by atoms with Gasteiger partial charge in [0.1, 0.15) is 5.75 Å². The van der Waals surface area contributed by atoms with Crippen molar-refractivity contribution >= 4 is 0 Å². The molecule has 0 radical (unpaired) electrons. The summed E-state index contributed by atoms with van der Waals surface area (Å²) in [5, 5.41) is 3.63. The normalized spacial score (nSPS) is 16.4. The zero-order valence-corrected chi connectivity index (χ0v) is 14.2. The molecule has 0 unspecified atom stereocenters. The average Bonchev–Trinajstić information content (AvgIpc) is 2.92. The Morgan fingerprint density at radius 1 is 1.19 bits per heavy atom. The summed E-state index contributed by atoms with van der Waals surface area (Å²) in [5.74, 6) is 1.03. The van der Waals surface area contributed by atoms with Gasteiger partial charge in [0, 0.05) is 6.04 Å². The molecule has 2 nitrogen and oxygen atoms in total. The van der Waals surface area contributed by atoms with Crippen LogP contribution in [0.1, 0.15) is 64.0 Å². The van der Waals surface area contributed by atoms with E-state index >= 15 is 0 Å². The molecule has 0 amide bonds. The third-order valence-corrected chi connectivity index (χ3v) is 4.41. The number of nitrogens with one attached hydrogen (secondary N) is 1. The molecule has 0 spiro atoms. The number of hydrogen-bond donors (Lipinski definition) is 1. The fraction of sp³-hybridized carbons (Fsp3) is 0.684. The number of aryl methyl sites for hydroxylation is 1. The molecule has 1 aromatic carbocycles. The van der Waals surface area contributed by atoms with Crippen molar-refractivity contribution in [2.75, 3.05) is 13.2 Å². The molecule has 1 aromatic rings. The summed E-state index contributed by atoms with van der Waals surface area (Å²) in [5.41, 5.74) is 2.82. The van der Waals surface area contributed by atoms with Crippen molar-refractivity contribution < 1.29 is 4.74 Å². The summed E-state index contributed by atoms with van der Waals surface area (Å²) in [6.45, 7) is 10.8. The van der Waals surface area contributed by atoms with Crippen LogP contribution in [0, 0.1) is 6.92 Å². The molecule has 0 bridgehead atoms. The van der Waals surface area contributed by atoms with Gasteiger partial charge < -0.3 is 10.1 Å². The van der Waals surface area contributed by atoms with E-state index in [1.165, 1.54) is 36.8 Å². The second-order valence-electron chi connectivity index (χ2n) is 7.37. The average molecular weight is 289 g/mol. The maximum atomic E-state index is 5.93. The van der Waals surface area contributed by atoms with Gasteiger partial charge in [0.05, 0.1) is 6.61 Å². The molecule has 0 aromatic heterocycles. The van der Waals surface area contributed by atoms with E-state index in [2.05, 4.69) is 51.2 Å². The lowest BCUT2D eigenvalue weighted by Gasteiger charge is -2.20. The maximum Gasteiger partial charge on any atom is 0.122 e. The Morgan fingerprint density at radius 3 is 2.52 bits per heavy atom. The number of benzene rings is 1. The first-order chi connectivity index (χ1) is 9.97. The molecule has 0 heterocycles. The van der Waals surface area contributed by atoms with Crippen LogP contribution >= 0.6 is 0 Å². The monoisotopic (exact) mass is 289 g/mol. The van der Waals surface area contributed by atoms with E-state index in [0.717, 1.165) is 31.4 Å². The number of ether oxygens (including phenoxy) is 1. The van der Waals surface area contributed by atoms with Crippen LogP contribution in [0.15, 0.2) is 18.2 Å². The quantitative estimate of drug-likeness (QED) is 0.773.